The van der Waals surface area contributed by atoms with E-state index in [1.807, 2.05) is 0 Å². The average Bonchev–Trinajstić information content (AvgIpc) is 2.72. The minimum atomic E-state index is 0.528. The lowest BCUT2D eigenvalue weighted by Crippen LogP contribution is -2.24. The highest BCUT2D eigenvalue weighted by Crippen LogP contribution is 2.61. The summed E-state index contributed by atoms with van der Waals surface area (Å²) in [5.74, 6) is 4.18. The molecule has 0 radical (unpaired) electrons. The van der Waals surface area contributed by atoms with E-state index < -0.39 is 0 Å². The normalized spacial score (nSPS) is 42.9. The van der Waals surface area contributed by atoms with Crippen molar-refractivity contribution >= 4 is 23.5 Å². The van der Waals surface area contributed by atoms with Gasteiger partial charge in [0, 0.05) is 23.3 Å². The van der Waals surface area contributed by atoms with Gasteiger partial charge in [0.2, 0.25) is 0 Å². The summed E-state index contributed by atoms with van der Waals surface area (Å²) in [7, 11) is 0. The van der Waals surface area contributed by atoms with E-state index in [2.05, 4.69) is 47.8 Å². The van der Waals surface area contributed by atoms with Crippen LogP contribution in [0.4, 0.5) is 0 Å². The van der Waals surface area contributed by atoms with Crippen molar-refractivity contribution < 1.29 is 0 Å². The van der Waals surface area contributed by atoms with Gasteiger partial charge in [0.05, 0.1) is 4.08 Å². The van der Waals surface area contributed by atoms with E-state index in [4.69, 9.17) is 0 Å². The summed E-state index contributed by atoms with van der Waals surface area (Å²) in [6, 6.07) is 0. The van der Waals surface area contributed by atoms with Gasteiger partial charge in [-0.1, -0.05) is 24.3 Å². The Morgan fingerprint density at radius 1 is 0.909 bits per heavy atom. The topological polar surface area (TPSA) is 0 Å². The molecule has 11 heavy (non-hydrogen) atoms. The molecule has 1 spiro atoms. The predicted molar refractivity (Wildman–Crippen MR) is 52.9 cm³/mol. The van der Waals surface area contributed by atoms with Crippen molar-refractivity contribution in [3.63, 3.8) is 0 Å². The number of rotatable bonds is 0. The third-order valence-electron chi connectivity index (χ3n) is 2.72. The minimum absolute atomic E-state index is 0.528. The molecule has 0 atom stereocenters. The number of hydrogen-bond donors (Lipinski definition) is 0. The molecule has 3 rings (SSSR count). The molecule has 3 aliphatic rings. The zero-order chi connectivity index (χ0) is 7.31. The second-order valence-electron chi connectivity index (χ2n) is 3.24. The van der Waals surface area contributed by atoms with Crippen LogP contribution in [0.5, 0.6) is 0 Å². The SMILES string of the molecule is C1=CC2C=CC1C21SCCS1. The summed E-state index contributed by atoms with van der Waals surface area (Å²) in [6.45, 7) is 0. The molecule has 1 saturated heterocycles. The van der Waals surface area contributed by atoms with Crippen molar-refractivity contribution in [2.75, 3.05) is 11.5 Å². The summed E-state index contributed by atoms with van der Waals surface area (Å²) in [6.07, 6.45) is 9.54. The van der Waals surface area contributed by atoms with Gasteiger partial charge < -0.3 is 0 Å². The van der Waals surface area contributed by atoms with Gasteiger partial charge in [-0.25, -0.2) is 0 Å². The third-order valence-corrected chi connectivity index (χ3v) is 6.49. The predicted octanol–water partition coefficient (Wildman–Crippen LogP) is 2.53. The van der Waals surface area contributed by atoms with Gasteiger partial charge in [-0.15, -0.1) is 23.5 Å². The maximum Gasteiger partial charge on any atom is 0.0804 e. The maximum absolute atomic E-state index is 2.38. The molecule has 2 bridgehead atoms. The Morgan fingerprint density at radius 3 is 1.82 bits per heavy atom. The molecule has 1 heterocycles. The van der Waals surface area contributed by atoms with Crippen LogP contribution in [0.15, 0.2) is 24.3 Å². The highest BCUT2D eigenvalue weighted by Gasteiger charge is 2.51. The van der Waals surface area contributed by atoms with E-state index in [-0.39, 0.29) is 0 Å². The summed E-state index contributed by atoms with van der Waals surface area (Å²) in [4.78, 5) is 0. The molecule has 58 valence electrons. The number of thioether (sulfide) groups is 2. The van der Waals surface area contributed by atoms with Gasteiger partial charge in [0.15, 0.2) is 0 Å². The Labute approximate surface area is 75.5 Å². The first kappa shape index (κ1) is 6.67. The molecule has 0 unspecified atom stereocenters. The number of hydrogen-bond acceptors (Lipinski definition) is 2. The summed E-state index contributed by atoms with van der Waals surface area (Å²) >= 11 is 4.34. The Balaban J connectivity index is 2.02. The molecule has 0 N–H and O–H groups in total. The van der Waals surface area contributed by atoms with Crippen molar-refractivity contribution in [1.82, 2.24) is 0 Å². The summed E-state index contributed by atoms with van der Waals surface area (Å²) in [5, 5.41) is 0. The lowest BCUT2D eigenvalue weighted by Gasteiger charge is -2.27. The zero-order valence-corrected chi connectivity index (χ0v) is 7.83. The van der Waals surface area contributed by atoms with Crippen LogP contribution < -0.4 is 0 Å². The Morgan fingerprint density at radius 2 is 1.36 bits per heavy atom. The zero-order valence-electron chi connectivity index (χ0n) is 6.19. The van der Waals surface area contributed by atoms with Gasteiger partial charge in [-0.05, 0) is 0 Å². The van der Waals surface area contributed by atoms with Crippen LogP contribution in [0, 0.1) is 11.8 Å². The van der Waals surface area contributed by atoms with Crippen LogP contribution in [-0.2, 0) is 0 Å². The highest BCUT2D eigenvalue weighted by molar-refractivity contribution is 8.21. The van der Waals surface area contributed by atoms with Crippen LogP contribution in [-0.4, -0.2) is 15.6 Å². The van der Waals surface area contributed by atoms with E-state index in [1.54, 1.807) is 0 Å². The number of allylic oxidation sites excluding steroid dienone is 4. The van der Waals surface area contributed by atoms with E-state index >= 15 is 0 Å². The maximum atomic E-state index is 2.38. The second kappa shape index (κ2) is 2.11. The Hall–Kier alpha value is 0.180. The minimum Gasteiger partial charge on any atom is -0.141 e. The molecule has 0 saturated carbocycles. The van der Waals surface area contributed by atoms with Crippen molar-refractivity contribution in [3.05, 3.63) is 24.3 Å². The van der Waals surface area contributed by atoms with E-state index in [9.17, 15) is 0 Å². The fraction of sp³-hybridized carbons (Fsp3) is 0.556. The van der Waals surface area contributed by atoms with Crippen LogP contribution in [0.1, 0.15) is 0 Å². The molecular formula is C9H10S2. The quantitative estimate of drug-likeness (QED) is 0.528. The van der Waals surface area contributed by atoms with Gasteiger partial charge >= 0.3 is 0 Å². The van der Waals surface area contributed by atoms with Gasteiger partial charge in [0.25, 0.3) is 0 Å². The molecule has 0 aromatic carbocycles. The van der Waals surface area contributed by atoms with Crippen molar-refractivity contribution in [2.45, 2.75) is 4.08 Å². The van der Waals surface area contributed by atoms with Crippen LogP contribution in [0.3, 0.4) is 0 Å². The first-order chi connectivity index (χ1) is 5.42. The smallest absolute Gasteiger partial charge is 0.0804 e. The molecular weight excluding hydrogens is 172 g/mol. The fourth-order valence-corrected chi connectivity index (χ4v) is 5.73. The second-order valence-corrected chi connectivity index (χ2v) is 6.24. The molecule has 0 aromatic heterocycles. The molecule has 1 aliphatic heterocycles. The summed E-state index contributed by atoms with van der Waals surface area (Å²) < 4.78 is 0.528. The average molecular weight is 182 g/mol. The van der Waals surface area contributed by atoms with Gasteiger partial charge in [-0.2, -0.15) is 0 Å². The largest absolute Gasteiger partial charge is 0.141 e. The first-order valence-corrected chi connectivity index (χ1v) is 6.03. The Bertz CT molecular complexity index is 204. The standard InChI is InChI=1S/C9H10S2/c1-2-8-4-3-7(1)9(8)10-5-6-11-9/h1-4,7-8H,5-6H2. The van der Waals surface area contributed by atoms with Crippen LogP contribution in [0.25, 0.3) is 0 Å². The lowest BCUT2D eigenvalue weighted by molar-refractivity contribution is 0.704. The molecule has 2 heteroatoms. The van der Waals surface area contributed by atoms with Crippen molar-refractivity contribution in [3.8, 4) is 0 Å². The monoisotopic (exact) mass is 182 g/mol. The Kier molecular flexibility index (Phi) is 1.28. The molecule has 0 nitrogen and oxygen atoms in total. The van der Waals surface area contributed by atoms with Crippen molar-refractivity contribution in [1.29, 1.82) is 0 Å². The highest BCUT2D eigenvalue weighted by atomic mass is 32.2. The molecule has 1 fully saturated rings. The van der Waals surface area contributed by atoms with Gasteiger partial charge in [0.1, 0.15) is 0 Å². The molecule has 0 amide bonds. The van der Waals surface area contributed by atoms with Crippen LogP contribution in [0.2, 0.25) is 0 Å². The molecule has 0 aromatic rings. The fourth-order valence-electron chi connectivity index (χ4n) is 2.19. The van der Waals surface area contributed by atoms with Crippen LogP contribution >= 0.6 is 23.5 Å². The van der Waals surface area contributed by atoms with Gasteiger partial charge in [-0.3, -0.25) is 0 Å². The summed E-state index contributed by atoms with van der Waals surface area (Å²) in [5.41, 5.74) is 0. The van der Waals surface area contributed by atoms with E-state index in [1.165, 1.54) is 11.5 Å². The van der Waals surface area contributed by atoms with E-state index in [0.29, 0.717) is 4.08 Å². The van der Waals surface area contributed by atoms with E-state index in [0.717, 1.165) is 11.8 Å². The lowest BCUT2D eigenvalue weighted by atomic mass is 10.1. The van der Waals surface area contributed by atoms with Crippen molar-refractivity contribution in [2.24, 2.45) is 11.8 Å². The molecule has 2 aliphatic carbocycles. The first-order valence-electron chi connectivity index (χ1n) is 4.06. The third kappa shape index (κ3) is 0.701.